The van der Waals surface area contributed by atoms with Crippen molar-refractivity contribution in [2.75, 3.05) is 6.61 Å². The molecule has 1 aromatic rings. The quantitative estimate of drug-likeness (QED) is 0.679. The van der Waals surface area contributed by atoms with E-state index < -0.39 is 0 Å². The summed E-state index contributed by atoms with van der Waals surface area (Å²) in [5.74, 6) is 0. The second-order valence-electron chi connectivity index (χ2n) is 2.92. The van der Waals surface area contributed by atoms with E-state index in [0.29, 0.717) is 0 Å². The number of aliphatic hydroxyl groups is 1. The van der Waals surface area contributed by atoms with E-state index in [4.69, 9.17) is 10.8 Å². The Morgan fingerprint density at radius 1 is 1.50 bits per heavy atom. The van der Waals surface area contributed by atoms with Crippen molar-refractivity contribution < 1.29 is 5.11 Å². The number of aryl methyl sites for hydroxylation is 2. The summed E-state index contributed by atoms with van der Waals surface area (Å²) in [5.41, 5.74) is 8.45. The van der Waals surface area contributed by atoms with E-state index in [1.807, 2.05) is 26.0 Å². The van der Waals surface area contributed by atoms with E-state index in [1.54, 1.807) is 0 Å². The Bertz CT molecular complexity index is 273. The molecule has 3 nitrogen and oxygen atoms in total. The fraction of sp³-hybridized carbons (Fsp3) is 0.444. The van der Waals surface area contributed by atoms with Gasteiger partial charge >= 0.3 is 0 Å². The van der Waals surface area contributed by atoms with Gasteiger partial charge in [-0.1, -0.05) is 6.07 Å². The van der Waals surface area contributed by atoms with E-state index in [0.717, 1.165) is 17.0 Å². The summed E-state index contributed by atoms with van der Waals surface area (Å²) in [4.78, 5) is 4.25. The lowest BCUT2D eigenvalue weighted by atomic mass is 10.1. The number of nitrogens with two attached hydrogens (primary N) is 1. The minimum absolute atomic E-state index is 0.0361. The van der Waals surface area contributed by atoms with Gasteiger partial charge in [-0.15, -0.1) is 0 Å². The van der Waals surface area contributed by atoms with Crippen molar-refractivity contribution in [3.63, 3.8) is 0 Å². The number of hydrogen-bond donors (Lipinski definition) is 2. The Labute approximate surface area is 72.2 Å². The molecule has 0 aromatic carbocycles. The summed E-state index contributed by atoms with van der Waals surface area (Å²) in [6, 6.07) is 3.51. The number of hydrogen-bond acceptors (Lipinski definition) is 3. The van der Waals surface area contributed by atoms with Crippen molar-refractivity contribution in [2.45, 2.75) is 19.9 Å². The van der Waals surface area contributed by atoms with E-state index in [9.17, 15) is 0 Å². The maximum atomic E-state index is 8.83. The number of aliphatic hydroxyl groups excluding tert-OH is 1. The zero-order valence-electron chi connectivity index (χ0n) is 7.41. The molecule has 0 fully saturated rings. The van der Waals surface area contributed by atoms with Gasteiger partial charge in [0.1, 0.15) is 0 Å². The fourth-order valence-corrected chi connectivity index (χ4v) is 1.19. The molecule has 3 heteroatoms. The predicted octanol–water partition coefficient (Wildman–Crippen LogP) is 0.691. The standard InChI is InChI=1S/C9H14N2O/c1-6-3-4-8(7(2)11-6)9(10)5-12/h3-4,9,12H,5,10H2,1-2H3/t9-/m0/s1. The van der Waals surface area contributed by atoms with Crippen molar-refractivity contribution in [1.82, 2.24) is 4.98 Å². The van der Waals surface area contributed by atoms with Crippen LogP contribution in [0.15, 0.2) is 12.1 Å². The van der Waals surface area contributed by atoms with Crippen LogP contribution in [0.5, 0.6) is 0 Å². The highest BCUT2D eigenvalue weighted by Crippen LogP contribution is 2.13. The lowest BCUT2D eigenvalue weighted by Gasteiger charge is -2.11. The van der Waals surface area contributed by atoms with Crippen LogP contribution in [-0.2, 0) is 0 Å². The van der Waals surface area contributed by atoms with Crippen LogP contribution >= 0.6 is 0 Å². The third-order valence-electron chi connectivity index (χ3n) is 1.86. The van der Waals surface area contributed by atoms with E-state index in [-0.39, 0.29) is 12.6 Å². The molecule has 0 bridgehead atoms. The molecule has 1 atom stereocenters. The molecule has 0 aliphatic heterocycles. The Hall–Kier alpha value is -0.930. The summed E-state index contributed by atoms with van der Waals surface area (Å²) in [6.45, 7) is 3.80. The molecule has 0 aliphatic rings. The maximum absolute atomic E-state index is 8.83. The first kappa shape index (κ1) is 9.16. The molecule has 12 heavy (non-hydrogen) atoms. The molecular weight excluding hydrogens is 152 g/mol. The third-order valence-corrected chi connectivity index (χ3v) is 1.86. The first-order valence-electron chi connectivity index (χ1n) is 3.95. The average molecular weight is 166 g/mol. The van der Waals surface area contributed by atoms with Crippen LogP contribution in [-0.4, -0.2) is 16.7 Å². The highest BCUT2D eigenvalue weighted by Gasteiger charge is 2.07. The molecular formula is C9H14N2O. The lowest BCUT2D eigenvalue weighted by molar-refractivity contribution is 0.267. The largest absolute Gasteiger partial charge is 0.394 e. The Morgan fingerprint density at radius 2 is 2.17 bits per heavy atom. The minimum atomic E-state index is -0.307. The van der Waals surface area contributed by atoms with Crippen molar-refractivity contribution in [1.29, 1.82) is 0 Å². The highest BCUT2D eigenvalue weighted by atomic mass is 16.3. The smallest absolute Gasteiger partial charge is 0.0625 e. The predicted molar refractivity (Wildman–Crippen MR) is 47.7 cm³/mol. The average Bonchev–Trinajstić information content (AvgIpc) is 2.03. The van der Waals surface area contributed by atoms with Gasteiger partial charge in [0.15, 0.2) is 0 Å². The summed E-state index contributed by atoms with van der Waals surface area (Å²) in [5, 5.41) is 8.83. The lowest BCUT2D eigenvalue weighted by Crippen LogP contribution is -2.16. The van der Waals surface area contributed by atoms with E-state index >= 15 is 0 Å². The van der Waals surface area contributed by atoms with Crippen LogP contribution < -0.4 is 5.73 Å². The summed E-state index contributed by atoms with van der Waals surface area (Å²) in [6.07, 6.45) is 0. The molecule has 0 unspecified atom stereocenters. The van der Waals surface area contributed by atoms with Gasteiger partial charge in [0, 0.05) is 11.4 Å². The minimum Gasteiger partial charge on any atom is -0.394 e. The molecule has 0 spiro atoms. The molecule has 66 valence electrons. The van der Waals surface area contributed by atoms with Crippen LogP contribution in [0.3, 0.4) is 0 Å². The maximum Gasteiger partial charge on any atom is 0.0625 e. The first-order valence-corrected chi connectivity index (χ1v) is 3.95. The van der Waals surface area contributed by atoms with Crippen LogP contribution in [0.25, 0.3) is 0 Å². The van der Waals surface area contributed by atoms with Gasteiger partial charge in [-0.25, -0.2) is 0 Å². The monoisotopic (exact) mass is 166 g/mol. The number of pyridine rings is 1. The van der Waals surface area contributed by atoms with Crippen molar-refractivity contribution in [3.8, 4) is 0 Å². The zero-order chi connectivity index (χ0) is 9.14. The van der Waals surface area contributed by atoms with Gasteiger partial charge in [-0.3, -0.25) is 4.98 Å². The van der Waals surface area contributed by atoms with Gasteiger partial charge in [0.05, 0.1) is 12.6 Å². The van der Waals surface area contributed by atoms with Crippen LogP contribution in [0.1, 0.15) is 23.0 Å². The number of rotatable bonds is 2. The molecule has 0 saturated carbocycles. The number of nitrogens with zero attached hydrogens (tertiary/aromatic N) is 1. The molecule has 0 aliphatic carbocycles. The Balaban J connectivity index is 3.01. The molecule has 1 heterocycles. The number of aromatic nitrogens is 1. The third kappa shape index (κ3) is 1.81. The highest BCUT2D eigenvalue weighted by molar-refractivity contribution is 5.24. The van der Waals surface area contributed by atoms with Gasteiger partial charge in [-0.2, -0.15) is 0 Å². The summed E-state index contributed by atoms with van der Waals surface area (Å²) < 4.78 is 0. The molecule has 1 aromatic heterocycles. The van der Waals surface area contributed by atoms with E-state index in [1.165, 1.54) is 0 Å². The molecule has 0 amide bonds. The normalized spacial score (nSPS) is 13.0. The van der Waals surface area contributed by atoms with Gasteiger partial charge in [0.2, 0.25) is 0 Å². The van der Waals surface area contributed by atoms with Crippen molar-refractivity contribution >= 4 is 0 Å². The Kier molecular flexibility index (Phi) is 2.78. The van der Waals surface area contributed by atoms with Gasteiger partial charge in [0.25, 0.3) is 0 Å². The van der Waals surface area contributed by atoms with Crippen molar-refractivity contribution in [2.24, 2.45) is 5.73 Å². The van der Waals surface area contributed by atoms with E-state index in [2.05, 4.69) is 4.98 Å². The second-order valence-corrected chi connectivity index (χ2v) is 2.92. The molecule has 0 saturated heterocycles. The SMILES string of the molecule is Cc1ccc([C@@H](N)CO)c(C)n1. The fourth-order valence-electron chi connectivity index (χ4n) is 1.19. The topological polar surface area (TPSA) is 59.1 Å². The van der Waals surface area contributed by atoms with Crippen molar-refractivity contribution in [3.05, 3.63) is 29.1 Å². The second kappa shape index (κ2) is 3.65. The first-order chi connectivity index (χ1) is 5.65. The van der Waals surface area contributed by atoms with Gasteiger partial charge < -0.3 is 10.8 Å². The van der Waals surface area contributed by atoms with Crippen LogP contribution in [0.4, 0.5) is 0 Å². The van der Waals surface area contributed by atoms with Gasteiger partial charge in [-0.05, 0) is 25.5 Å². The summed E-state index contributed by atoms with van der Waals surface area (Å²) in [7, 11) is 0. The Morgan fingerprint density at radius 3 is 2.67 bits per heavy atom. The molecule has 1 rings (SSSR count). The zero-order valence-corrected chi connectivity index (χ0v) is 7.41. The van der Waals surface area contributed by atoms with Crippen LogP contribution in [0.2, 0.25) is 0 Å². The summed E-state index contributed by atoms with van der Waals surface area (Å²) >= 11 is 0. The molecule has 3 N–H and O–H groups in total. The molecule has 0 radical (unpaired) electrons. The van der Waals surface area contributed by atoms with Crippen LogP contribution in [0, 0.1) is 13.8 Å².